The van der Waals surface area contributed by atoms with Crippen LogP contribution in [0.25, 0.3) is 16.7 Å². The molecular weight excluding hydrogens is 288 g/mol. The second kappa shape index (κ2) is 6.37. The number of hydrogen-bond acceptors (Lipinski definition) is 4. The zero-order chi connectivity index (χ0) is 16.2. The summed E-state index contributed by atoms with van der Waals surface area (Å²) >= 11 is 0. The first-order valence-corrected chi connectivity index (χ1v) is 7.12. The summed E-state index contributed by atoms with van der Waals surface area (Å²) in [7, 11) is 3.15. The Kier molecular flexibility index (Phi) is 4.11. The molecule has 1 radical (unpaired) electrons. The van der Waals surface area contributed by atoms with E-state index in [0.717, 1.165) is 28.1 Å². The topological polar surface area (TPSA) is 55.1 Å². The predicted octanol–water partition coefficient (Wildman–Crippen LogP) is 3.79. The van der Waals surface area contributed by atoms with Gasteiger partial charge < -0.3 is 9.47 Å². The lowest BCUT2D eigenvalue weighted by Crippen LogP contribution is -1.99. The van der Waals surface area contributed by atoms with Crippen LogP contribution < -0.4 is 9.47 Å². The fourth-order valence-corrected chi connectivity index (χ4v) is 2.47. The number of hydrogen-bond donors (Lipinski definition) is 0. The van der Waals surface area contributed by atoms with Crippen molar-refractivity contribution in [3.05, 3.63) is 66.2 Å². The quantitative estimate of drug-likeness (QED) is 0.862. The molecule has 3 rings (SSSR count). The second-order valence-corrected chi connectivity index (χ2v) is 4.95. The van der Waals surface area contributed by atoms with Crippen molar-refractivity contribution in [2.45, 2.75) is 0 Å². The summed E-state index contributed by atoms with van der Waals surface area (Å²) in [4.78, 5) is 4.45. The zero-order valence-corrected chi connectivity index (χ0v) is 12.9. The fraction of sp³-hybridized carbons (Fsp3) is 0.105. The van der Waals surface area contributed by atoms with Crippen LogP contribution in [0, 0.1) is 17.8 Å². The van der Waals surface area contributed by atoms with Gasteiger partial charge in [0.05, 0.1) is 19.9 Å². The molecule has 0 unspecified atom stereocenters. The maximum absolute atomic E-state index is 9.52. The molecule has 0 aliphatic heterocycles. The third-order valence-corrected chi connectivity index (χ3v) is 3.65. The number of aromatic nitrogens is 1. The minimum Gasteiger partial charge on any atom is -0.497 e. The zero-order valence-electron chi connectivity index (χ0n) is 12.9. The minimum atomic E-state index is 0.331. The van der Waals surface area contributed by atoms with E-state index in [4.69, 9.17) is 9.47 Å². The van der Waals surface area contributed by atoms with Gasteiger partial charge in [-0.1, -0.05) is 30.4 Å². The highest BCUT2D eigenvalue weighted by Gasteiger charge is 2.16. The Morgan fingerprint density at radius 2 is 1.87 bits per heavy atom. The van der Waals surface area contributed by atoms with E-state index in [1.807, 2.05) is 55.0 Å². The number of methoxy groups -OCH3 is 2. The standard InChI is InChI=1S/C19H15N2O2/c1-22-15-9-7-13(8-10-15)16-11-18(14-5-3-4-6-14)21-19(23-2)17(16)12-20/h3-11H,1-2H3. The Labute approximate surface area is 135 Å². The summed E-state index contributed by atoms with van der Waals surface area (Å²) in [6.45, 7) is 0. The molecule has 0 saturated heterocycles. The molecule has 0 fully saturated rings. The van der Waals surface area contributed by atoms with E-state index >= 15 is 0 Å². The lowest BCUT2D eigenvalue weighted by Gasteiger charge is -2.12. The van der Waals surface area contributed by atoms with Crippen LogP contribution >= 0.6 is 0 Å². The summed E-state index contributed by atoms with van der Waals surface area (Å²) < 4.78 is 10.5. The van der Waals surface area contributed by atoms with E-state index in [9.17, 15) is 5.26 Å². The summed E-state index contributed by atoms with van der Waals surface area (Å²) in [5, 5.41) is 9.52. The van der Waals surface area contributed by atoms with Gasteiger partial charge in [-0.15, -0.1) is 0 Å². The average molecular weight is 303 g/mol. The number of ether oxygens (including phenoxy) is 2. The first-order chi connectivity index (χ1) is 11.3. The molecule has 23 heavy (non-hydrogen) atoms. The number of pyridine rings is 1. The van der Waals surface area contributed by atoms with Crippen molar-refractivity contribution in [3.8, 4) is 28.8 Å². The van der Waals surface area contributed by atoms with Crippen molar-refractivity contribution in [2.24, 2.45) is 0 Å². The lowest BCUT2D eigenvalue weighted by atomic mass is 9.99. The Balaban J connectivity index is 2.18. The summed E-state index contributed by atoms with van der Waals surface area (Å²) in [5.74, 6) is 1.10. The van der Waals surface area contributed by atoms with Crippen LogP contribution in [0.4, 0.5) is 0 Å². The van der Waals surface area contributed by atoms with Crippen LogP contribution in [0.3, 0.4) is 0 Å². The largest absolute Gasteiger partial charge is 0.497 e. The van der Waals surface area contributed by atoms with E-state index in [1.54, 1.807) is 7.11 Å². The highest BCUT2D eigenvalue weighted by molar-refractivity contribution is 5.82. The van der Waals surface area contributed by atoms with Crippen LogP contribution in [0.2, 0.25) is 0 Å². The van der Waals surface area contributed by atoms with Crippen molar-refractivity contribution in [3.63, 3.8) is 0 Å². The minimum absolute atomic E-state index is 0.331. The Hall–Kier alpha value is -3.06. The molecule has 1 aromatic carbocycles. The van der Waals surface area contributed by atoms with Crippen LogP contribution in [0.1, 0.15) is 11.3 Å². The molecule has 0 amide bonds. The van der Waals surface area contributed by atoms with Gasteiger partial charge in [-0.3, -0.25) is 0 Å². The van der Waals surface area contributed by atoms with E-state index in [2.05, 4.69) is 11.1 Å². The van der Waals surface area contributed by atoms with Gasteiger partial charge in [0.25, 0.3) is 0 Å². The van der Waals surface area contributed by atoms with Crippen molar-refractivity contribution in [1.29, 1.82) is 5.26 Å². The van der Waals surface area contributed by atoms with Gasteiger partial charge in [0.2, 0.25) is 5.88 Å². The molecule has 4 heteroatoms. The average Bonchev–Trinajstić information content (AvgIpc) is 3.15. The van der Waals surface area contributed by atoms with Gasteiger partial charge in [-0.05, 0) is 29.3 Å². The monoisotopic (exact) mass is 303 g/mol. The Morgan fingerprint density at radius 3 is 2.43 bits per heavy atom. The van der Waals surface area contributed by atoms with Crippen molar-refractivity contribution in [1.82, 2.24) is 4.98 Å². The molecule has 0 atom stereocenters. The van der Waals surface area contributed by atoms with E-state index < -0.39 is 0 Å². The van der Waals surface area contributed by atoms with E-state index in [0.29, 0.717) is 11.4 Å². The van der Waals surface area contributed by atoms with Crippen LogP contribution in [0.15, 0.2) is 48.6 Å². The number of rotatable bonds is 4. The first-order valence-electron chi connectivity index (χ1n) is 7.12. The molecule has 1 aliphatic carbocycles. The summed E-state index contributed by atoms with van der Waals surface area (Å²) in [5.41, 5.74) is 3.89. The van der Waals surface area contributed by atoms with Crippen molar-refractivity contribution < 1.29 is 9.47 Å². The van der Waals surface area contributed by atoms with Gasteiger partial charge in [0.15, 0.2) is 0 Å². The van der Waals surface area contributed by atoms with Crippen molar-refractivity contribution >= 4 is 5.57 Å². The molecule has 1 aliphatic rings. The molecule has 0 N–H and O–H groups in total. The number of nitriles is 1. The van der Waals surface area contributed by atoms with Gasteiger partial charge >= 0.3 is 0 Å². The van der Waals surface area contributed by atoms with Gasteiger partial charge in [-0.2, -0.15) is 5.26 Å². The van der Waals surface area contributed by atoms with E-state index in [1.165, 1.54) is 7.11 Å². The molecule has 0 bridgehead atoms. The van der Waals surface area contributed by atoms with Gasteiger partial charge in [-0.25, -0.2) is 4.98 Å². The summed E-state index contributed by atoms with van der Waals surface area (Å²) in [6, 6.07) is 11.7. The molecule has 0 saturated carbocycles. The summed E-state index contributed by atoms with van der Waals surface area (Å²) in [6.07, 6.45) is 7.86. The maximum atomic E-state index is 9.52. The third-order valence-electron chi connectivity index (χ3n) is 3.65. The number of nitrogens with zero attached hydrogens (tertiary/aromatic N) is 2. The Bertz CT molecular complexity index is 828. The molecule has 2 aromatic rings. The fourth-order valence-electron chi connectivity index (χ4n) is 2.47. The lowest BCUT2D eigenvalue weighted by molar-refractivity contribution is 0.396. The maximum Gasteiger partial charge on any atom is 0.232 e. The molecule has 4 nitrogen and oxygen atoms in total. The molecular formula is C19H15N2O2. The first kappa shape index (κ1) is 14.9. The van der Waals surface area contributed by atoms with Crippen LogP contribution in [-0.4, -0.2) is 19.2 Å². The van der Waals surface area contributed by atoms with E-state index in [-0.39, 0.29) is 0 Å². The van der Waals surface area contributed by atoms with Crippen LogP contribution in [0.5, 0.6) is 11.6 Å². The number of allylic oxidation sites excluding steroid dienone is 4. The molecule has 1 heterocycles. The third kappa shape index (κ3) is 2.82. The van der Waals surface area contributed by atoms with Gasteiger partial charge in [0.1, 0.15) is 17.4 Å². The Morgan fingerprint density at radius 1 is 1.09 bits per heavy atom. The second-order valence-electron chi connectivity index (χ2n) is 4.95. The van der Waals surface area contributed by atoms with Crippen molar-refractivity contribution in [2.75, 3.05) is 14.2 Å². The smallest absolute Gasteiger partial charge is 0.232 e. The molecule has 1 aromatic heterocycles. The predicted molar refractivity (Wildman–Crippen MR) is 88.9 cm³/mol. The SMILES string of the molecule is COc1ccc(-c2cc(C3=C[CH]C=C3)nc(OC)c2C#N)cc1. The highest BCUT2D eigenvalue weighted by atomic mass is 16.5. The molecule has 0 spiro atoms. The van der Waals surface area contributed by atoms with Gasteiger partial charge in [0, 0.05) is 12.0 Å². The van der Waals surface area contributed by atoms with Crippen LogP contribution in [-0.2, 0) is 0 Å². The highest BCUT2D eigenvalue weighted by Crippen LogP contribution is 2.33. The molecule has 113 valence electrons. The normalized spacial score (nSPS) is 12.7. The number of benzene rings is 1.